The first-order valence-electron chi connectivity index (χ1n) is 5.60. The first kappa shape index (κ1) is 16.6. The van der Waals surface area contributed by atoms with Gasteiger partial charge in [0.2, 0.25) is 0 Å². The molecule has 2 N–H and O–H groups in total. The van der Waals surface area contributed by atoms with Crippen LogP contribution in [0.4, 0.5) is 0 Å². The normalized spacial score (nSPS) is 32.6. The van der Waals surface area contributed by atoms with Crippen LogP contribution in [0, 0.1) is 0 Å². The van der Waals surface area contributed by atoms with Crippen molar-refractivity contribution in [3.63, 3.8) is 0 Å². The summed E-state index contributed by atoms with van der Waals surface area (Å²) in [6, 6.07) is 1.11. The van der Waals surface area contributed by atoms with Crippen LogP contribution in [-0.2, 0) is 10.8 Å². The van der Waals surface area contributed by atoms with E-state index in [0.717, 1.165) is 50.3 Å². The minimum atomic E-state index is -0.524. The molecule has 6 heteroatoms. The van der Waals surface area contributed by atoms with Gasteiger partial charge >= 0.3 is 0 Å². The maximum atomic E-state index is 11.2. The average molecular weight is 289 g/mol. The van der Waals surface area contributed by atoms with Crippen molar-refractivity contribution < 1.29 is 4.21 Å². The molecule has 0 unspecified atom stereocenters. The Morgan fingerprint density at radius 1 is 1.00 bits per heavy atom. The van der Waals surface area contributed by atoms with Gasteiger partial charge in [-0.15, -0.1) is 24.8 Å². The summed E-state index contributed by atoms with van der Waals surface area (Å²) in [5, 5.41) is 0. The van der Waals surface area contributed by atoms with Crippen molar-refractivity contribution in [2.45, 2.75) is 37.8 Å². The number of rotatable bonds is 1. The fourth-order valence-corrected chi connectivity index (χ4v) is 3.71. The number of halogens is 2. The lowest BCUT2D eigenvalue weighted by Gasteiger charge is -2.38. The highest BCUT2D eigenvalue weighted by atomic mass is 35.5. The Labute approximate surface area is 113 Å². The lowest BCUT2D eigenvalue weighted by molar-refractivity contribution is 0.144. The second kappa shape index (κ2) is 7.88. The van der Waals surface area contributed by atoms with Gasteiger partial charge < -0.3 is 10.6 Å². The van der Waals surface area contributed by atoms with Crippen LogP contribution in [0.5, 0.6) is 0 Å². The fraction of sp³-hybridized carbons (Fsp3) is 1.00. The first-order chi connectivity index (χ1) is 6.75. The summed E-state index contributed by atoms with van der Waals surface area (Å²) in [7, 11) is -0.524. The van der Waals surface area contributed by atoms with Gasteiger partial charge in [0, 0.05) is 34.4 Å². The second-order valence-electron chi connectivity index (χ2n) is 4.45. The van der Waals surface area contributed by atoms with Crippen LogP contribution in [0.15, 0.2) is 0 Å². The summed E-state index contributed by atoms with van der Waals surface area (Å²) in [6.07, 6.45) is 4.53. The Kier molecular flexibility index (Phi) is 8.20. The minimum Gasteiger partial charge on any atom is -0.328 e. The number of hydrogen-bond donors (Lipinski definition) is 1. The SMILES string of the molecule is Cl.Cl.NC1CCN(C2CCS(=O)CC2)CC1. The molecular formula is C10H22Cl2N2OS. The number of hydrogen-bond acceptors (Lipinski definition) is 3. The molecule has 0 atom stereocenters. The Balaban J connectivity index is 0.00000112. The summed E-state index contributed by atoms with van der Waals surface area (Å²) < 4.78 is 11.2. The molecule has 3 nitrogen and oxygen atoms in total. The molecule has 98 valence electrons. The van der Waals surface area contributed by atoms with Crippen molar-refractivity contribution in [3.05, 3.63) is 0 Å². The molecule has 0 aromatic rings. The van der Waals surface area contributed by atoms with Crippen LogP contribution in [-0.4, -0.2) is 45.8 Å². The molecule has 2 rings (SSSR count). The van der Waals surface area contributed by atoms with Crippen molar-refractivity contribution in [1.29, 1.82) is 0 Å². The van der Waals surface area contributed by atoms with E-state index in [2.05, 4.69) is 4.90 Å². The quantitative estimate of drug-likeness (QED) is 0.788. The standard InChI is InChI=1S/C10H20N2OS.2ClH/c11-9-1-5-12(6-2-9)10-3-7-14(13)8-4-10;;/h9-10H,1-8,11H2;2*1H. The Morgan fingerprint density at radius 3 is 2.00 bits per heavy atom. The van der Waals surface area contributed by atoms with Crippen LogP contribution in [0.3, 0.4) is 0 Å². The van der Waals surface area contributed by atoms with Crippen molar-refractivity contribution >= 4 is 35.6 Å². The summed E-state index contributed by atoms with van der Waals surface area (Å²) in [5.41, 5.74) is 5.87. The Hall–Kier alpha value is 0.650. The molecule has 0 saturated carbocycles. The topological polar surface area (TPSA) is 46.3 Å². The fourth-order valence-electron chi connectivity index (χ4n) is 2.43. The number of likely N-dealkylation sites (tertiary alicyclic amines) is 1. The molecule has 0 aromatic heterocycles. The van der Waals surface area contributed by atoms with Gasteiger partial charge in [-0.05, 0) is 38.8 Å². The van der Waals surface area contributed by atoms with E-state index in [1.54, 1.807) is 0 Å². The highest BCUT2D eigenvalue weighted by molar-refractivity contribution is 7.85. The Bertz CT molecular complexity index is 213. The van der Waals surface area contributed by atoms with Crippen LogP contribution >= 0.6 is 24.8 Å². The van der Waals surface area contributed by atoms with Gasteiger partial charge in [0.1, 0.15) is 0 Å². The molecule has 0 spiro atoms. The van der Waals surface area contributed by atoms with E-state index >= 15 is 0 Å². The molecule has 0 amide bonds. The van der Waals surface area contributed by atoms with Gasteiger partial charge in [-0.3, -0.25) is 4.21 Å². The largest absolute Gasteiger partial charge is 0.328 e. The Morgan fingerprint density at radius 2 is 1.50 bits per heavy atom. The van der Waals surface area contributed by atoms with Crippen LogP contribution < -0.4 is 5.73 Å². The van der Waals surface area contributed by atoms with E-state index in [4.69, 9.17) is 5.73 Å². The number of piperidine rings is 1. The predicted octanol–water partition coefficient (Wildman–Crippen LogP) is 1.16. The number of nitrogens with zero attached hydrogens (tertiary/aromatic N) is 1. The van der Waals surface area contributed by atoms with Crippen molar-refractivity contribution in [1.82, 2.24) is 4.90 Å². The zero-order valence-electron chi connectivity index (χ0n) is 9.47. The average Bonchev–Trinajstić information content (AvgIpc) is 2.21. The molecule has 2 aliphatic rings. The van der Waals surface area contributed by atoms with Gasteiger partial charge in [0.15, 0.2) is 0 Å². The summed E-state index contributed by atoms with van der Waals surface area (Å²) in [5.74, 6) is 1.82. The maximum absolute atomic E-state index is 11.2. The smallest absolute Gasteiger partial charge is 0.0249 e. The van der Waals surface area contributed by atoms with Gasteiger partial charge in [-0.2, -0.15) is 0 Å². The lowest BCUT2D eigenvalue weighted by Crippen LogP contribution is -2.47. The third-order valence-electron chi connectivity index (χ3n) is 3.45. The van der Waals surface area contributed by atoms with Gasteiger partial charge in [0.25, 0.3) is 0 Å². The highest BCUT2D eigenvalue weighted by Crippen LogP contribution is 2.20. The zero-order chi connectivity index (χ0) is 9.97. The van der Waals surface area contributed by atoms with E-state index in [9.17, 15) is 4.21 Å². The summed E-state index contributed by atoms with van der Waals surface area (Å²) in [4.78, 5) is 2.56. The van der Waals surface area contributed by atoms with Crippen LogP contribution in [0.1, 0.15) is 25.7 Å². The molecule has 16 heavy (non-hydrogen) atoms. The third-order valence-corrected chi connectivity index (χ3v) is 4.83. The van der Waals surface area contributed by atoms with Crippen molar-refractivity contribution in [2.75, 3.05) is 24.6 Å². The molecular weight excluding hydrogens is 267 g/mol. The summed E-state index contributed by atoms with van der Waals surface area (Å²) in [6.45, 7) is 2.30. The minimum absolute atomic E-state index is 0. The third kappa shape index (κ3) is 4.49. The predicted molar refractivity (Wildman–Crippen MR) is 74.2 cm³/mol. The van der Waals surface area contributed by atoms with Crippen LogP contribution in [0.2, 0.25) is 0 Å². The van der Waals surface area contributed by atoms with Gasteiger partial charge in [0.05, 0.1) is 0 Å². The van der Waals surface area contributed by atoms with E-state index in [1.807, 2.05) is 0 Å². The van der Waals surface area contributed by atoms with Crippen molar-refractivity contribution in [3.8, 4) is 0 Å². The van der Waals surface area contributed by atoms with E-state index in [0.29, 0.717) is 12.1 Å². The molecule has 2 aliphatic heterocycles. The molecule has 2 fully saturated rings. The first-order valence-corrected chi connectivity index (χ1v) is 7.09. The molecule has 0 bridgehead atoms. The molecule has 0 aromatic carbocycles. The summed E-state index contributed by atoms with van der Waals surface area (Å²) >= 11 is 0. The highest BCUT2D eigenvalue weighted by Gasteiger charge is 2.26. The van der Waals surface area contributed by atoms with Crippen LogP contribution in [0.25, 0.3) is 0 Å². The number of nitrogens with two attached hydrogens (primary N) is 1. The molecule has 2 saturated heterocycles. The van der Waals surface area contributed by atoms with E-state index < -0.39 is 10.8 Å². The van der Waals surface area contributed by atoms with Gasteiger partial charge in [-0.25, -0.2) is 0 Å². The van der Waals surface area contributed by atoms with Crippen molar-refractivity contribution in [2.24, 2.45) is 5.73 Å². The molecule has 0 aliphatic carbocycles. The molecule has 0 radical (unpaired) electrons. The van der Waals surface area contributed by atoms with Gasteiger partial charge in [-0.1, -0.05) is 0 Å². The lowest BCUT2D eigenvalue weighted by atomic mass is 10.0. The zero-order valence-corrected chi connectivity index (χ0v) is 11.9. The maximum Gasteiger partial charge on any atom is 0.0249 e. The van der Waals surface area contributed by atoms with E-state index in [-0.39, 0.29) is 24.8 Å². The second-order valence-corrected chi connectivity index (χ2v) is 6.15. The van der Waals surface area contributed by atoms with E-state index in [1.165, 1.54) is 0 Å². The molecule has 2 heterocycles. The monoisotopic (exact) mass is 288 g/mol.